The Morgan fingerprint density at radius 2 is 1.91 bits per heavy atom. The smallest absolute Gasteiger partial charge is 0.222 e. The molecular weight excluding hydrogens is 296 g/mol. The van der Waals surface area contributed by atoms with Gasteiger partial charge in [-0.2, -0.15) is 0 Å². The fourth-order valence-corrected chi connectivity index (χ4v) is 2.14. The molecule has 2 N–H and O–H groups in total. The number of nitrogens with one attached hydrogen (secondary N) is 2. The second-order valence-corrected chi connectivity index (χ2v) is 5.13. The van der Waals surface area contributed by atoms with Gasteiger partial charge >= 0.3 is 0 Å². The van der Waals surface area contributed by atoms with Crippen LogP contribution in [-0.4, -0.2) is 38.7 Å². The lowest BCUT2D eigenvalue weighted by Crippen LogP contribution is -2.33. The van der Waals surface area contributed by atoms with Crippen molar-refractivity contribution in [2.75, 3.05) is 26.9 Å². The van der Waals surface area contributed by atoms with Crippen LogP contribution in [0.2, 0.25) is 0 Å². The van der Waals surface area contributed by atoms with E-state index in [2.05, 4.69) is 10.6 Å². The van der Waals surface area contributed by atoms with Crippen LogP contribution in [0.4, 0.5) is 0 Å². The molecule has 0 saturated heterocycles. The van der Waals surface area contributed by atoms with Crippen molar-refractivity contribution in [3.05, 3.63) is 29.8 Å². The second kappa shape index (κ2) is 10.6. The number of rotatable bonds is 10. The molecule has 0 fully saturated rings. The largest absolute Gasteiger partial charge is 0.497 e. The predicted molar refractivity (Wildman–Crippen MR) is 88.3 cm³/mol. The highest BCUT2D eigenvalue weighted by Gasteiger charge is 2.17. The van der Waals surface area contributed by atoms with E-state index in [1.165, 1.54) is 6.92 Å². The monoisotopic (exact) mass is 322 g/mol. The summed E-state index contributed by atoms with van der Waals surface area (Å²) >= 11 is 0. The molecule has 0 radical (unpaired) electrons. The Hall–Kier alpha value is -2.08. The summed E-state index contributed by atoms with van der Waals surface area (Å²) in [5.74, 6) is 0.460. The van der Waals surface area contributed by atoms with Gasteiger partial charge in [-0.3, -0.25) is 9.59 Å². The molecule has 0 aliphatic carbocycles. The van der Waals surface area contributed by atoms with E-state index in [4.69, 9.17) is 9.47 Å². The molecular formula is C17H26N2O4. The van der Waals surface area contributed by atoms with Crippen molar-refractivity contribution in [2.24, 2.45) is 0 Å². The average molecular weight is 322 g/mol. The zero-order valence-electron chi connectivity index (χ0n) is 14.1. The number of hydrogen-bond donors (Lipinski definition) is 2. The Balaban J connectivity index is 2.56. The van der Waals surface area contributed by atoms with Gasteiger partial charge in [-0.25, -0.2) is 0 Å². The Morgan fingerprint density at radius 1 is 1.22 bits per heavy atom. The molecule has 0 aromatic heterocycles. The van der Waals surface area contributed by atoms with Crippen molar-refractivity contribution >= 4 is 11.8 Å². The first-order valence-electron chi connectivity index (χ1n) is 7.82. The lowest BCUT2D eigenvalue weighted by Gasteiger charge is -2.18. The molecule has 2 amide bonds. The zero-order chi connectivity index (χ0) is 17.1. The molecule has 1 rings (SSSR count). The highest BCUT2D eigenvalue weighted by molar-refractivity contribution is 5.79. The maximum atomic E-state index is 12.0. The van der Waals surface area contributed by atoms with Gasteiger partial charge in [-0.1, -0.05) is 12.1 Å². The topological polar surface area (TPSA) is 76.7 Å². The Bertz CT molecular complexity index is 488. The van der Waals surface area contributed by atoms with E-state index >= 15 is 0 Å². The van der Waals surface area contributed by atoms with Gasteiger partial charge in [0, 0.05) is 26.7 Å². The molecule has 0 heterocycles. The van der Waals surface area contributed by atoms with E-state index < -0.39 is 0 Å². The lowest BCUT2D eigenvalue weighted by molar-refractivity contribution is -0.122. The molecule has 6 nitrogen and oxygen atoms in total. The summed E-state index contributed by atoms with van der Waals surface area (Å²) < 4.78 is 10.3. The third-order valence-electron chi connectivity index (χ3n) is 3.28. The van der Waals surface area contributed by atoms with E-state index in [0.717, 1.165) is 17.7 Å². The van der Waals surface area contributed by atoms with Gasteiger partial charge in [0.1, 0.15) is 5.75 Å². The van der Waals surface area contributed by atoms with Crippen LogP contribution in [0.15, 0.2) is 24.3 Å². The Kier molecular flexibility index (Phi) is 8.75. The van der Waals surface area contributed by atoms with Crippen LogP contribution in [0, 0.1) is 0 Å². The van der Waals surface area contributed by atoms with Crippen LogP contribution >= 0.6 is 0 Å². The van der Waals surface area contributed by atoms with Gasteiger partial charge in [0.15, 0.2) is 0 Å². The lowest BCUT2D eigenvalue weighted by atomic mass is 10.0. The van der Waals surface area contributed by atoms with Gasteiger partial charge in [0.25, 0.3) is 0 Å². The number of benzene rings is 1. The summed E-state index contributed by atoms with van der Waals surface area (Å²) in [7, 11) is 1.59. The Labute approximate surface area is 137 Å². The summed E-state index contributed by atoms with van der Waals surface area (Å²) in [6.07, 6.45) is 0.966. The molecule has 0 bridgehead atoms. The van der Waals surface area contributed by atoms with Gasteiger partial charge < -0.3 is 20.1 Å². The number of ether oxygens (including phenoxy) is 2. The summed E-state index contributed by atoms with van der Waals surface area (Å²) in [6.45, 7) is 5.25. The van der Waals surface area contributed by atoms with Crippen LogP contribution in [0.3, 0.4) is 0 Å². The Morgan fingerprint density at radius 3 is 2.48 bits per heavy atom. The number of amides is 2. The van der Waals surface area contributed by atoms with E-state index in [1.807, 2.05) is 31.2 Å². The third kappa shape index (κ3) is 7.65. The van der Waals surface area contributed by atoms with Crippen molar-refractivity contribution in [1.82, 2.24) is 10.6 Å². The highest BCUT2D eigenvalue weighted by atomic mass is 16.5. The van der Waals surface area contributed by atoms with Gasteiger partial charge in [-0.15, -0.1) is 0 Å². The minimum atomic E-state index is -0.356. The minimum absolute atomic E-state index is 0.101. The molecule has 0 spiro atoms. The molecule has 1 atom stereocenters. The van der Waals surface area contributed by atoms with Gasteiger partial charge in [0.2, 0.25) is 11.8 Å². The zero-order valence-corrected chi connectivity index (χ0v) is 14.1. The standard InChI is InChI=1S/C17H26N2O4/c1-4-23-11-5-10-18-17(21)12-16(19-13(2)20)14-6-8-15(22-3)9-7-14/h6-9,16H,4-5,10-12H2,1-3H3,(H,18,21)(H,19,20). The van der Waals surface area contributed by atoms with Crippen molar-refractivity contribution in [3.8, 4) is 5.75 Å². The van der Waals surface area contributed by atoms with E-state index in [-0.39, 0.29) is 24.3 Å². The molecule has 1 aromatic rings. The number of methoxy groups -OCH3 is 1. The number of carbonyl (C=O) groups excluding carboxylic acids is 2. The van der Waals surface area contributed by atoms with Gasteiger partial charge in [0.05, 0.1) is 19.6 Å². The fraction of sp³-hybridized carbons (Fsp3) is 0.529. The number of carbonyl (C=O) groups is 2. The van der Waals surface area contributed by atoms with Crippen molar-refractivity contribution < 1.29 is 19.1 Å². The molecule has 128 valence electrons. The van der Waals surface area contributed by atoms with Crippen molar-refractivity contribution in [2.45, 2.75) is 32.7 Å². The van der Waals surface area contributed by atoms with Crippen LogP contribution in [0.1, 0.15) is 38.3 Å². The summed E-state index contributed by atoms with van der Waals surface area (Å²) in [5.41, 5.74) is 0.866. The minimum Gasteiger partial charge on any atom is -0.497 e. The van der Waals surface area contributed by atoms with Crippen LogP contribution in [0.5, 0.6) is 5.75 Å². The van der Waals surface area contributed by atoms with E-state index in [1.54, 1.807) is 7.11 Å². The average Bonchev–Trinajstić information content (AvgIpc) is 2.53. The first kappa shape index (κ1) is 19.0. The predicted octanol–water partition coefficient (Wildman–Crippen LogP) is 1.81. The molecule has 0 aliphatic rings. The quantitative estimate of drug-likeness (QED) is 0.644. The fourth-order valence-electron chi connectivity index (χ4n) is 2.14. The van der Waals surface area contributed by atoms with Crippen molar-refractivity contribution in [3.63, 3.8) is 0 Å². The molecule has 0 aliphatic heterocycles. The van der Waals surface area contributed by atoms with E-state index in [0.29, 0.717) is 19.8 Å². The molecule has 1 unspecified atom stereocenters. The molecule has 6 heteroatoms. The van der Waals surface area contributed by atoms with E-state index in [9.17, 15) is 9.59 Å². The number of hydrogen-bond acceptors (Lipinski definition) is 4. The summed E-state index contributed by atoms with van der Waals surface area (Å²) in [6, 6.07) is 6.96. The normalized spacial score (nSPS) is 11.6. The van der Waals surface area contributed by atoms with Crippen molar-refractivity contribution in [1.29, 1.82) is 0 Å². The molecule has 0 saturated carbocycles. The highest BCUT2D eigenvalue weighted by Crippen LogP contribution is 2.20. The first-order valence-corrected chi connectivity index (χ1v) is 7.82. The second-order valence-electron chi connectivity index (χ2n) is 5.13. The van der Waals surface area contributed by atoms with Crippen LogP contribution in [0.25, 0.3) is 0 Å². The summed E-state index contributed by atoms with van der Waals surface area (Å²) in [4.78, 5) is 23.4. The SMILES string of the molecule is CCOCCCNC(=O)CC(NC(C)=O)c1ccc(OC)cc1. The first-order chi connectivity index (χ1) is 11.1. The van der Waals surface area contributed by atoms with Gasteiger partial charge in [-0.05, 0) is 31.0 Å². The van der Waals surface area contributed by atoms with Crippen LogP contribution < -0.4 is 15.4 Å². The molecule has 1 aromatic carbocycles. The summed E-state index contributed by atoms with van der Waals surface area (Å²) in [5, 5.41) is 5.65. The van der Waals surface area contributed by atoms with Crippen LogP contribution in [-0.2, 0) is 14.3 Å². The third-order valence-corrected chi connectivity index (χ3v) is 3.28. The maximum Gasteiger partial charge on any atom is 0.222 e. The maximum absolute atomic E-state index is 12.0. The molecule has 23 heavy (non-hydrogen) atoms.